The minimum absolute atomic E-state index is 0.462. The standard InChI is InChI=1S/C10H9NO2/c1-7(6-12)10-11-8-4-2-3-5-9(8)13-10/h2-6,12H,1H3. The van der Waals surface area contributed by atoms with Crippen LogP contribution in [0.1, 0.15) is 12.8 Å². The molecule has 1 heterocycles. The number of rotatable bonds is 1. The van der Waals surface area contributed by atoms with E-state index in [2.05, 4.69) is 4.98 Å². The van der Waals surface area contributed by atoms with E-state index < -0.39 is 0 Å². The van der Waals surface area contributed by atoms with Crippen molar-refractivity contribution in [3.8, 4) is 0 Å². The van der Waals surface area contributed by atoms with E-state index in [0.29, 0.717) is 11.5 Å². The number of aliphatic hydroxyl groups is 1. The summed E-state index contributed by atoms with van der Waals surface area (Å²) in [7, 11) is 0. The van der Waals surface area contributed by atoms with E-state index >= 15 is 0 Å². The molecule has 0 aliphatic rings. The fraction of sp³-hybridized carbons (Fsp3) is 0.100. The SMILES string of the molecule is CC(=CO)c1nc2ccccc2o1. The summed E-state index contributed by atoms with van der Waals surface area (Å²) in [5.41, 5.74) is 2.16. The average Bonchev–Trinajstić information content (AvgIpc) is 2.59. The van der Waals surface area contributed by atoms with Crippen LogP contribution in [0.25, 0.3) is 16.7 Å². The third kappa shape index (κ3) is 1.28. The Morgan fingerprint density at radius 3 is 2.92 bits per heavy atom. The molecule has 0 atom stereocenters. The van der Waals surface area contributed by atoms with Gasteiger partial charge in [-0.25, -0.2) is 4.98 Å². The smallest absolute Gasteiger partial charge is 0.226 e. The van der Waals surface area contributed by atoms with Crippen molar-refractivity contribution in [1.29, 1.82) is 0 Å². The minimum atomic E-state index is 0.462. The van der Waals surface area contributed by atoms with Gasteiger partial charge in [-0.1, -0.05) is 12.1 Å². The first-order chi connectivity index (χ1) is 6.31. The van der Waals surface area contributed by atoms with Gasteiger partial charge in [-0.3, -0.25) is 0 Å². The molecule has 0 spiro atoms. The van der Waals surface area contributed by atoms with Crippen LogP contribution in [0.4, 0.5) is 0 Å². The van der Waals surface area contributed by atoms with Crippen molar-refractivity contribution >= 4 is 16.7 Å². The van der Waals surface area contributed by atoms with Gasteiger partial charge in [-0.15, -0.1) is 0 Å². The maximum atomic E-state index is 8.75. The van der Waals surface area contributed by atoms with E-state index in [1.165, 1.54) is 0 Å². The minimum Gasteiger partial charge on any atom is -0.515 e. The maximum Gasteiger partial charge on any atom is 0.226 e. The van der Waals surface area contributed by atoms with Crippen molar-refractivity contribution in [1.82, 2.24) is 4.98 Å². The van der Waals surface area contributed by atoms with Crippen molar-refractivity contribution in [2.75, 3.05) is 0 Å². The van der Waals surface area contributed by atoms with Gasteiger partial charge >= 0.3 is 0 Å². The molecule has 0 radical (unpaired) electrons. The molecule has 13 heavy (non-hydrogen) atoms. The molecule has 0 aliphatic heterocycles. The number of hydrogen-bond donors (Lipinski definition) is 1. The van der Waals surface area contributed by atoms with Crippen molar-refractivity contribution in [3.05, 3.63) is 36.4 Å². The fourth-order valence-electron chi connectivity index (χ4n) is 1.10. The van der Waals surface area contributed by atoms with Crippen LogP contribution in [0, 0.1) is 0 Å². The van der Waals surface area contributed by atoms with Crippen LogP contribution in [-0.4, -0.2) is 10.1 Å². The van der Waals surface area contributed by atoms with Gasteiger partial charge in [0.25, 0.3) is 0 Å². The van der Waals surface area contributed by atoms with E-state index in [-0.39, 0.29) is 0 Å². The predicted molar refractivity (Wildman–Crippen MR) is 50.3 cm³/mol. The molecular weight excluding hydrogens is 166 g/mol. The molecule has 0 aliphatic carbocycles. The van der Waals surface area contributed by atoms with E-state index in [1.54, 1.807) is 6.92 Å². The number of hydrogen-bond acceptors (Lipinski definition) is 3. The van der Waals surface area contributed by atoms with Crippen LogP contribution in [0.2, 0.25) is 0 Å². The number of oxazole rings is 1. The topological polar surface area (TPSA) is 46.3 Å². The molecule has 0 fully saturated rings. The lowest BCUT2D eigenvalue weighted by molar-refractivity contribution is 0.471. The molecule has 1 aromatic heterocycles. The summed E-state index contributed by atoms with van der Waals surface area (Å²) in [6.45, 7) is 1.74. The molecule has 1 aromatic carbocycles. The highest BCUT2D eigenvalue weighted by molar-refractivity contribution is 5.75. The lowest BCUT2D eigenvalue weighted by Crippen LogP contribution is -1.76. The van der Waals surface area contributed by atoms with Gasteiger partial charge in [-0.05, 0) is 19.1 Å². The second-order valence-corrected chi connectivity index (χ2v) is 2.80. The van der Waals surface area contributed by atoms with E-state index in [9.17, 15) is 0 Å². The number of benzene rings is 1. The number of aromatic nitrogens is 1. The van der Waals surface area contributed by atoms with Crippen molar-refractivity contribution < 1.29 is 9.52 Å². The molecule has 1 N–H and O–H groups in total. The summed E-state index contributed by atoms with van der Waals surface area (Å²) in [5, 5.41) is 8.75. The zero-order valence-electron chi connectivity index (χ0n) is 7.19. The molecule has 66 valence electrons. The summed E-state index contributed by atoms with van der Waals surface area (Å²) in [6.07, 6.45) is 0.991. The summed E-state index contributed by atoms with van der Waals surface area (Å²) < 4.78 is 5.38. The largest absolute Gasteiger partial charge is 0.515 e. The Balaban J connectivity index is 2.62. The molecule has 3 heteroatoms. The fourth-order valence-corrected chi connectivity index (χ4v) is 1.10. The highest BCUT2D eigenvalue weighted by Crippen LogP contribution is 2.19. The molecule has 2 rings (SSSR count). The average molecular weight is 175 g/mol. The summed E-state index contributed by atoms with van der Waals surface area (Å²) in [4.78, 5) is 4.19. The van der Waals surface area contributed by atoms with E-state index in [1.807, 2.05) is 24.3 Å². The van der Waals surface area contributed by atoms with Crippen molar-refractivity contribution in [3.63, 3.8) is 0 Å². The molecule has 0 amide bonds. The Morgan fingerprint density at radius 1 is 1.46 bits per heavy atom. The zero-order valence-corrected chi connectivity index (χ0v) is 7.19. The molecule has 0 saturated heterocycles. The van der Waals surface area contributed by atoms with Gasteiger partial charge in [0.1, 0.15) is 5.52 Å². The number of aliphatic hydroxyl groups excluding tert-OH is 1. The molecule has 0 saturated carbocycles. The molecular formula is C10H9NO2. The van der Waals surface area contributed by atoms with Gasteiger partial charge in [-0.2, -0.15) is 0 Å². The summed E-state index contributed by atoms with van der Waals surface area (Å²) in [6, 6.07) is 7.49. The second kappa shape index (κ2) is 2.94. The van der Waals surface area contributed by atoms with Crippen LogP contribution >= 0.6 is 0 Å². The Morgan fingerprint density at radius 2 is 2.23 bits per heavy atom. The highest BCUT2D eigenvalue weighted by Gasteiger charge is 2.05. The molecule has 0 bridgehead atoms. The Labute approximate surface area is 75.3 Å². The third-order valence-electron chi connectivity index (χ3n) is 1.82. The summed E-state index contributed by atoms with van der Waals surface area (Å²) >= 11 is 0. The zero-order chi connectivity index (χ0) is 9.26. The highest BCUT2D eigenvalue weighted by atomic mass is 16.3. The number of fused-ring (bicyclic) bond motifs is 1. The number of nitrogens with zero attached hydrogens (tertiary/aromatic N) is 1. The Kier molecular flexibility index (Phi) is 1.77. The first-order valence-electron chi connectivity index (χ1n) is 3.98. The van der Waals surface area contributed by atoms with Gasteiger partial charge < -0.3 is 9.52 Å². The third-order valence-corrected chi connectivity index (χ3v) is 1.82. The number of para-hydroxylation sites is 2. The van der Waals surface area contributed by atoms with Crippen LogP contribution in [0.5, 0.6) is 0 Å². The maximum absolute atomic E-state index is 8.75. The Bertz CT molecular complexity index is 424. The molecule has 2 aromatic rings. The number of allylic oxidation sites excluding steroid dienone is 1. The first-order valence-corrected chi connectivity index (χ1v) is 3.98. The van der Waals surface area contributed by atoms with E-state index in [0.717, 1.165) is 17.4 Å². The summed E-state index contributed by atoms with van der Waals surface area (Å²) in [5.74, 6) is 0.462. The van der Waals surface area contributed by atoms with Gasteiger partial charge in [0.05, 0.1) is 6.26 Å². The second-order valence-electron chi connectivity index (χ2n) is 2.80. The van der Waals surface area contributed by atoms with Crippen LogP contribution in [0.15, 0.2) is 34.9 Å². The van der Waals surface area contributed by atoms with Gasteiger partial charge in [0.15, 0.2) is 5.58 Å². The molecule has 0 unspecified atom stereocenters. The van der Waals surface area contributed by atoms with Crippen LogP contribution < -0.4 is 0 Å². The van der Waals surface area contributed by atoms with Crippen molar-refractivity contribution in [2.24, 2.45) is 0 Å². The molecule has 3 nitrogen and oxygen atoms in total. The van der Waals surface area contributed by atoms with Crippen LogP contribution in [0.3, 0.4) is 0 Å². The van der Waals surface area contributed by atoms with Gasteiger partial charge in [0.2, 0.25) is 5.89 Å². The first kappa shape index (κ1) is 7.86. The lowest BCUT2D eigenvalue weighted by atomic mass is 10.3. The predicted octanol–water partition coefficient (Wildman–Crippen LogP) is 2.75. The monoisotopic (exact) mass is 175 g/mol. The lowest BCUT2D eigenvalue weighted by Gasteiger charge is -1.87. The van der Waals surface area contributed by atoms with Gasteiger partial charge in [0, 0.05) is 5.57 Å². The quantitative estimate of drug-likeness (QED) is 0.678. The van der Waals surface area contributed by atoms with E-state index in [4.69, 9.17) is 9.52 Å². The van der Waals surface area contributed by atoms with Crippen molar-refractivity contribution in [2.45, 2.75) is 6.92 Å². The normalized spacial score (nSPS) is 12.2. The van der Waals surface area contributed by atoms with Crippen LogP contribution in [-0.2, 0) is 0 Å². The Hall–Kier alpha value is -1.77.